The maximum atomic E-state index is 12.6. The quantitative estimate of drug-likeness (QED) is 0.811. The zero-order chi connectivity index (χ0) is 15.1. The lowest BCUT2D eigenvalue weighted by Crippen LogP contribution is -2.44. The standard InChI is InChI=1S/C12H10ClF3N2O2/c1-6(13)11(20)18-5-10(19)17-8-4-7(12(14,15)16)2-3-9(8)18/h2-4,6H,5H2,1H3,(H,17,19)/t6-/m0/s1. The Labute approximate surface area is 117 Å². The lowest BCUT2D eigenvalue weighted by molar-refractivity contribution is -0.137. The SMILES string of the molecule is C[C@H](Cl)C(=O)N1CC(=O)Nc2cc(C(F)(F)F)ccc21. The van der Waals surface area contributed by atoms with E-state index in [1.165, 1.54) is 6.92 Å². The molecule has 1 aromatic carbocycles. The number of halogens is 4. The minimum absolute atomic E-state index is 0.0539. The highest BCUT2D eigenvalue weighted by molar-refractivity contribution is 6.33. The molecule has 0 saturated carbocycles. The Hall–Kier alpha value is -1.76. The summed E-state index contributed by atoms with van der Waals surface area (Å²) in [5.41, 5.74) is -0.749. The van der Waals surface area contributed by atoms with Gasteiger partial charge >= 0.3 is 6.18 Å². The monoisotopic (exact) mass is 306 g/mol. The molecule has 0 unspecified atom stereocenters. The van der Waals surface area contributed by atoms with E-state index in [1.54, 1.807) is 0 Å². The van der Waals surface area contributed by atoms with E-state index < -0.39 is 28.9 Å². The third-order valence-electron chi connectivity index (χ3n) is 2.80. The lowest BCUT2D eigenvalue weighted by atomic mass is 10.1. The van der Waals surface area contributed by atoms with E-state index in [1.807, 2.05) is 0 Å². The number of amides is 2. The van der Waals surface area contributed by atoms with Crippen LogP contribution in [-0.2, 0) is 15.8 Å². The smallest absolute Gasteiger partial charge is 0.323 e. The van der Waals surface area contributed by atoms with Crippen LogP contribution < -0.4 is 10.2 Å². The summed E-state index contributed by atoms with van der Waals surface area (Å²) in [6.45, 7) is 1.16. The molecule has 2 amide bonds. The summed E-state index contributed by atoms with van der Waals surface area (Å²) in [6.07, 6.45) is -4.52. The van der Waals surface area contributed by atoms with Gasteiger partial charge in [0.15, 0.2) is 0 Å². The first kappa shape index (κ1) is 14.6. The van der Waals surface area contributed by atoms with Crippen LogP contribution in [0.2, 0.25) is 0 Å². The molecule has 20 heavy (non-hydrogen) atoms. The van der Waals surface area contributed by atoms with Gasteiger partial charge in [0.2, 0.25) is 11.8 Å². The van der Waals surface area contributed by atoms with Crippen LogP contribution in [0.1, 0.15) is 12.5 Å². The fourth-order valence-corrected chi connectivity index (χ4v) is 2.00. The van der Waals surface area contributed by atoms with E-state index in [0.29, 0.717) is 0 Å². The van der Waals surface area contributed by atoms with Crippen molar-refractivity contribution in [1.29, 1.82) is 0 Å². The first-order valence-corrected chi connectivity index (χ1v) is 6.10. The largest absolute Gasteiger partial charge is 0.416 e. The van der Waals surface area contributed by atoms with Crippen LogP contribution in [0.5, 0.6) is 0 Å². The lowest BCUT2D eigenvalue weighted by Gasteiger charge is -2.30. The highest BCUT2D eigenvalue weighted by Crippen LogP contribution is 2.37. The van der Waals surface area contributed by atoms with Crippen LogP contribution in [0.3, 0.4) is 0 Å². The number of hydrogen-bond donors (Lipinski definition) is 1. The molecule has 1 atom stereocenters. The highest BCUT2D eigenvalue weighted by atomic mass is 35.5. The molecule has 0 saturated heterocycles. The van der Waals surface area contributed by atoms with E-state index in [9.17, 15) is 22.8 Å². The summed E-state index contributed by atoms with van der Waals surface area (Å²) in [5, 5.41) is 1.44. The summed E-state index contributed by atoms with van der Waals surface area (Å²) in [5.74, 6) is -1.11. The molecule has 1 N–H and O–H groups in total. The van der Waals surface area contributed by atoms with Gasteiger partial charge in [-0.05, 0) is 25.1 Å². The minimum Gasteiger partial charge on any atom is -0.323 e. The normalized spacial score (nSPS) is 16.4. The summed E-state index contributed by atoms with van der Waals surface area (Å²) >= 11 is 5.68. The fraction of sp³-hybridized carbons (Fsp3) is 0.333. The van der Waals surface area contributed by atoms with E-state index in [4.69, 9.17) is 11.6 Å². The summed E-state index contributed by atoms with van der Waals surface area (Å²) < 4.78 is 37.9. The zero-order valence-corrected chi connectivity index (χ0v) is 11.0. The topological polar surface area (TPSA) is 49.4 Å². The molecule has 0 aromatic heterocycles. The third kappa shape index (κ3) is 2.72. The number of carbonyl (C=O) groups excluding carboxylic acids is 2. The van der Waals surface area contributed by atoms with Crippen LogP contribution in [0, 0.1) is 0 Å². The second-order valence-electron chi connectivity index (χ2n) is 4.32. The van der Waals surface area contributed by atoms with Crippen molar-refractivity contribution in [2.24, 2.45) is 0 Å². The molecular formula is C12H10ClF3N2O2. The molecule has 0 spiro atoms. The Morgan fingerprint density at radius 2 is 2.10 bits per heavy atom. The molecular weight excluding hydrogens is 297 g/mol. The molecule has 0 radical (unpaired) electrons. The predicted molar refractivity (Wildman–Crippen MR) is 67.7 cm³/mol. The highest BCUT2D eigenvalue weighted by Gasteiger charge is 2.34. The molecule has 8 heteroatoms. The number of fused-ring (bicyclic) bond motifs is 1. The van der Waals surface area contributed by atoms with Crippen LogP contribution >= 0.6 is 11.6 Å². The first-order chi connectivity index (χ1) is 9.20. The molecule has 0 fully saturated rings. The second-order valence-corrected chi connectivity index (χ2v) is 4.97. The van der Waals surface area contributed by atoms with E-state index in [-0.39, 0.29) is 17.9 Å². The number of hydrogen-bond acceptors (Lipinski definition) is 2. The minimum atomic E-state index is -4.52. The molecule has 108 valence electrons. The van der Waals surface area contributed by atoms with Crippen molar-refractivity contribution < 1.29 is 22.8 Å². The van der Waals surface area contributed by atoms with Gasteiger partial charge in [-0.1, -0.05) is 0 Å². The van der Waals surface area contributed by atoms with Crippen LogP contribution in [0.4, 0.5) is 24.5 Å². The maximum Gasteiger partial charge on any atom is 0.416 e. The molecule has 2 rings (SSSR count). The molecule has 1 aliphatic rings. The number of benzene rings is 1. The number of anilines is 2. The number of rotatable bonds is 1. The predicted octanol–water partition coefficient (Wildman–Crippen LogP) is 2.62. The van der Waals surface area contributed by atoms with Gasteiger partial charge in [0, 0.05) is 0 Å². The van der Waals surface area contributed by atoms with Crippen molar-refractivity contribution in [2.75, 3.05) is 16.8 Å². The molecule has 1 aromatic rings. The van der Waals surface area contributed by atoms with Gasteiger partial charge in [-0.3, -0.25) is 14.5 Å². The Morgan fingerprint density at radius 3 is 2.65 bits per heavy atom. The van der Waals surface area contributed by atoms with Crippen molar-refractivity contribution >= 4 is 34.8 Å². The van der Waals surface area contributed by atoms with E-state index >= 15 is 0 Å². The van der Waals surface area contributed by atoms with Gasteiger partial charge < -0.3 is 5.32 Å². The van der Waals surface area contributed by atoms with Crippen molar-refractivity contribution in [3.63, 3.8) is 0 Å². The first-order valence-electron chi connectivity index (χ1n) is 5.66. The van der Waals surface area contributed by atoms with Gasteiger partial charge in [0.05, 0.1) is 16.9 Å². The number of alkyl halides is 4. The second kappa shape index (κ2) is 4.97. The molecule has 0 aliphatic carbocycles. The van der Waals surface area contributed by atoms with Crippen LogP contribution in [-0.4, -0.2) is 23.7 Å². The van der Waals surface area contributed by atoms with E-state index in [0.717, 1.165) is 23.1 Å². The Kier molecular flexibility index (Phi) is 3.64. The van der Waals surface area contributed by atoms with Crippen molar-refractivity contribution in [3.8, 4) is 0 Å². The van der Waals surface area contributed by atoms with Gasteiger partial charge in [0.25, 0.3) is 0 Å². The average molecular weight is 307 g/mol. The number of carbonyl (C=O) groups is 2. The van der Waals surface area contributed by atoms with Gasteiger partial charge in [-0.15, -0.1) is 11.6 Å². The number of nitrogens with zero attached hydrogens (tertiary/aromatic N) is 1. The molecule has 4 nitrogen and oxygen atoms in total. The molecule has 1 heterocycles. The van der Waals surface area contributed by atoms with Crippen LogP contribution in [0.15, 0.2) is 18.2 Å². The van der Waals surface area contributed by atoms with Crippen molar-refractivity contribution in [2.45, 2.75) is 18.5 Å². The van der Waals surface area contributed by atoms with E-state index in [2.05, 4.69) is 5.32 Å². The average Bonchev–Trinajstić information content (AvgIpc) is 2.34. The Morgan fingerprint density at radius 1 is 1.45 bits per heavy atom. The van der Waals surface area contributed by atoms with Crippen LogP contribution in [0.25, 0.3) is 0 Å². The fourth-order valence-electron chi connectivity index (χ4n) is 1.88. The molecule has 1 aliphatic heterocycles. The summed E-state index contributed by atoms with van der Waals surface area (Å²) in [6, 6.07) is 2.80. The van der Waals surface area contributed by atoms with Crippen molar-refractivity contribution in [1.82, 2.24) is 0 Å². The van der Waals surface area contributed by atoms with Gasteiger partial charge in [0.1, 0.15) is 11.9 Å². The Balaban J connectivity index is 2.47. The van der Waals surface area contributed by atoms with Gasteiger partial charge in [-0.2, -0.15) is 13.2 Å². The Bertz CT molecular complexity index is 572. The summed E-state index contributed by atoms with van der Waals surface area (Å²) in [4.78, 5) is 24.5. The van der Waals surface area contributed by atoms with Gasteiger partial charge in [-0.25, -0.2) is 0 Å². The van der Waals surface area contributed by atoms with Crippen molar-refractivity contribution in [3.05, 3.63) is 23.8 Å². The zero-order valence-electron chi connectivity index (χ0n) is 10.3. The molecule has 0 bridgehead atoms. The maximum absolute atomic E-state index is 12.6. The number of nitrogens with one attached hydrogen (secondary N) is 1. The summed E-state index contributed by atoms with van der Waals surface area (Å²) in [7, 11) is 0. The third-order valence-corrected chi connectivity index (χ3v) is 2.98.